The summed E-state index contributed by atoms with van der Waals surface area (Å²) < 4.78 is 234. The van der Waals surface area contributed by atoms with Crippen LogP contribution in [0, 0.1) is 0 Å². The van der Waals surface area contributed by atoms with Crippen LogP contribution in [0.1, 0.15) is 22.3 Å². The summed E-state index contributed by atoms with van der Waals surface area (Å²) in [7, 11) is -12.7. The van der Waals surface area contributed by atoms with E-state index in [-0.39, 0.29) is 24.3 Å². The minimum absolute atomic E-state index is 0.350. The summed E-state index contributed by atoms with van der Waals surface area (Å²) in [5, 5.41) is 0. The van der Waals surface area contributed by atoms with Gasteiger partial charge in [0.05, 0.1) is 22.3 Å². The summed E-state index contributed by atoms with van der Waals surface area (Å²) >= 11 is 0. The van der Waals surface area contributed by atoms with Gasteiger partial charge in [-0.05, 0) is 58.8 Å². The van der Waals surface area contributed by atoms with Gasteiger partial charge in [0.25, 0.3) is 0 Å². The molecule has 20 heteroatoms. The Kier molecular flexibility index (Phi) is 8.62. The Hall–Kier alpha value is -3.13. The van der Waals surface area contributed by atoms with Crippen LogP contribution in [0.3, 0.4) is 0 Å². The lowest BCUT2D eigenvalue weighted by atomic mass is 10.1. The maximum absolute atomic E-state index is 13.7. The summed E-state index contributed by atoms with van der Waals surface area (Å²) in [5.74, 6) is 0. The van der Waals surface area contributed by atoms with Crippen LogP contribution in [-0.2, 0) is 38.5 Å². The first-order valence-electron chi connectivity index (χ1n) is 10.7. The Morgan fingerprint density at radius 3 is 1.00 bits per heavy atom. The Labute approximate surface area is 232 Å². The smallest absolute Gasteiger partial charge is 0.200 e. The molecular weight excluding hydrogens is 673 g/mol. The van der Waals surface area contributed by atoms with Crippen LogP contribution >= 0.6 is 10.3 Å². The van der Waals surface area contributed by atoms with E-state index in [0.717, 1.165) is 18.2 Å². The van der Waals surface area contributed by atoms with Gasteiger partial charge in [-0.15, -0.1) is 0 Å². The number of hydrogen-bond acceptors (Lipinski definition) is 3. The average Bonchev–Trinajstić information content (AvgIpc) is 2.84. The fraction of sp³-hybridized carbons (Fsp3) is 0.217. The van der Waals surface area contributed by atoms with E-state index in [2.05, 4.69) is 3.63 Å². The maximum atomic E-state index is 13.7. The third-order valence-electron chi connectivity index (χ3n) is 5.34. The van der Waals surface area contributed by atoms with E-state index in [0.29, 0.717) is 12.1 Å². The normalized spacial score (nSPS) is 14.6. The standard InChI is InChI=1S/C23H11F15O3S2/c24-19(25,26)12-6-13(20(27,28)29)9-17(8-12)42(16-4-2-1-3-5-16,41-43(39,40)23(36,37)38)18-10-14(21(30,31)32)7-15(11-18)22(33,34)35/h1-11H. The average molecular weight is 684 g/mol. The lowest BCUT2D eigenvalue weighted by Gasteiger charge is -2.40. The number of benzene rings is 3. The van der Waals surface area contributed by atoms with Crippen LogP contribution in [0.2, 0.25) is 0 Å². The highest BCUT2D eigenvalue weighted by atomic mass is 32.3. The van der Waals surface area contributed by atoms with Gasteiger partial charge >= 0.3 is 40.3 Å². The number of halogens is 15. The van der Waals surface area contributed by atoms with Crippen LogP contribution in [0.4, 0.5) is 65.9 Å². The van der Waals surface area contributed by atoms with E-state index in [4.69, 9.17) is 0 Å². The molecule has 3 aromatic rings. The Morgan fingerprint density at radius 1 is 0.442 bits per heavy atom. The summed E-state index contributed by atoms with van der Waals surface area (Å²) in [6.07, 6.45) is -23.0. The highest BCUT2D eigenvalue weighted by molar-refractivity contribution is 8.33. The van der Waals surface area contributed by atoms with Crippen molar-refractivity contribution in [3.63, 3.8) is 0 Å². The predicted molar refractivity (Wildman–Crippen MR) is 118 cm³/mol. The molecule has 0 saturated heterocycles. The molecule has 0 heterocycles. The zero-order chi connectivity index (χ0) is 33.0. The van der Waals surface area contributed by atoms with Gasteiger partial charge in [-0.3, -0.25) is 0 Å². The second-order valence-corrected chi connectivity index (χ2v) is 12.8. The third kappa shape index (κ3) is 7.17. The second-order valence-electron chi connectivity index (χ2n) is 8.32. The van der Waals surface area contributed by atoms with E-state index >= 15 is 0 Å². The first kappa shape index (κ1) is 34.4. The van der Waals surface area contributed by atoms with Crippen LogP contribution < -0.4 is 0 Å². The van der Waals surface area contributed by atoms with Gasteiger partial charge in [0.15, 0.2) is 0 Å². The van der Waals surface area contributed by atoms with E-state index in [9.17, 15) is 74.3 Å². The van der Waals surface area contributed by atoms with Gasteiger partial charge in [-0.25, -0.2) is 0 Å². The van der Waals surface area contributed by atoms with Crippen molar-refractivity contribution in [3.05, 3.63) is 89.0 Å². The van der Waals surface area contributed by atoms with Gasteiger partial charge in [-0.2, -0.15) is 77.9 Å². The Bertz CT molecular complexity index is 1450. The van der Waals surface area contributed by atoms with E-state index in [1.54, 1.807) is 0 Å². The lowest BCUT2D eigenvalue weighted by molar-refractivity contribution is -0.144. The molecule has 3 nitrogen and oxygen atoms in total. The molecule has 0 aliphatic rings. The van der Waals surface area contributed by atoms with Crippen molar-refractivity contribution in [2.24, 2.45) is 0 Å². The molecule has 0 aromatic heterocycles. The molecule has 0 N–H and O–H groups in total. The zero-order valence-electron chi connectivity index (χ0n) is 20.1. The molecule has 0 unspecified atom stereocenters. The fourth-order valence-electron chi connectivity index (χ4n) is 3.50. The van der Waals surface area contributed by atoms with Crippen molar-refractivity contribution in [2.75, 3.05) is 0 Å². The summed E-state index contributed by atoms with van der Waals surface area (Å²) in [5.41, 5.74) is -15.7. The van der Waals surface area contributed by atoms with E-state index in [1.165, 1.54) is 0 Å². The summed E-state index contributed by atoms with van der Waals surface area (Å²) in [4.78, 5) is -4.66. The fourth-order valence-corrected chi connectivity index (χ4v) is 8.35. The topological polar surface area (TPSA) is 43.4 Å². The first-order chi connectivity index (χ1) is 19.2. The van der Waals surface area contributed by atoms with Crippen molar-refractivity contribution >= 4 is 20.4 Å². The molecule has 0 fully saturated rings. The Balaban J connectivity index is 2.73. The van der Waals surface area contributed by atoms with Gasteiger partial charge in [0, 0.05) is 14.7 Å². The van der Waals surface area contributed by atoms with Crippen molar-refractivity contribution < 1.29 is 77.9 Å². The van der Waals surface area contributed by atoms with Gasteiger partial charge < -0.3 is 0 Å². The van der Waals surface area contributed by atoms with Crippen molar-refractivity contribution in [1.29, 1.82) is 0 Å². The van der Waals surface area contributed by atoms with Crippen molar-refractivity contribution in [2.45, 2.75) is 44.9 Å². The molecule has 0 saturated carbocycles. The SMILES string of the molecule is O=S(=O)(OS(c1ccccc1)(c1cc(C(F)(F)F)cc(C(F)(F)F)c1)c1cc(C(F)(F)F)cc(C(F)(F)F)c1)C(F)(F)F. The van der Waals surface area contributed by atoms with E-state index < -0.39 is 99.7 Å². The second kappa shape index (κ2) is 10.8. The van der Waals surface area contributed by atoms with Crippen LogP contribution in [0.25, 0.3) is 0 Å². The third-order valence-corrected chi connectivity index (χ3v) is 10.2. The van der Waals surface area contributed by atoms with Crippen LogP contribution in [0.15, 0.2) is 81.4 Å². The molecule has 43 heavy (non-hydrogen) atoms. The molecule has 3 rings (SSSR count). The monoisotopic (exact) mass is 684 g/mol. The molecule has 0 spiro atoms. The van der Waals surface area contributed by atoms with Crippen LogP contribution in [0.5, 0.6) is 0 Å². The van der Waals surface area contributed by atoms with Crippen molar-refractivity contribution in [1.82, 2.24) is 0 Å². The van der Waals surface area contributed by atoms with Gasteiger partial charge in [0.1, 0.15) is 0 Å². The first-order valence-corrected chi connectivity index (χ1v) is 13.7. The summed E-state index contributed by atoms with van der Waals surface area (Å²) in [6.45, 7) is 0. The zero-order valence-corrected chi connectivity index (χ0v) is 21.7. The highest BCUT2D eigenvalue weighted by Gasteiger charge is 2.54. The minimum Gasteiger partial charge on any atom is -0.200 e. The predicted octanol–water partition coefficient (Wildman–Crippen LogP) is 9.82. The highest BCUT2D eigenvalue weighted by Crippen LogP contribution is 2.72. The Morgan fingerprint density at radius 2 is 0.744 bits per heavy atom. The van der Waals surface area contributed by atoms with Crippen molar-refractivity contribution in [3.8, 4) is 0 Å². The van der Waals surface area contributed by atoms with Gasteiger partial charge in [0.2, 0.25) is 0 Å². The number of hydrogen-bond donors (Lipinski definition) is 0. The molecule has 0 aliphatic heterocycles. The molecule has 3 aromatic carbocycles. The lowest BCUT2D eigenvalue weighted by Crippen LogP contribution is -2.28. The molecule has 0 aliphatic carbocycles. The largest absolute Gasteiger partial charge is 0.524 e. The molecule has 0 amide bonds. The number of alkyl halides is 15. The molecule has 238 valence electrons. The quantitative estimate of drug-likeness (QED) is 0.199. The molecule has 0 bridgehead atoms. The summed E-state index contributed by atoms with van der Waals surface area (Å²) in [6, 6.07) is 1.25. The van der Waals surface area contributed by atoms with Gasteiger partial charge in [-0.1, -0.05) is 18.2 Å². The minimum atomic E-state index is -7.18. The van der Waals surface area contributed by atoms with Crippen LogP contribution in [-0.4, -0.2) is 13.9 Å². The molecular formula is C23H11F15O3S2. The molecule has 0 radical (unpaired) electrons. The maximum Gasteiger partial charge on any atom is 0.524 e. The molecule has 0 atom stereocenters. The van der Waals surface area contributed by atoms with E-state index in [1.807, 2.05) is 0 Å². The number of rotatable bonds is 5.